The quantitative estimate of drug-likeness (QED) is 0.831. The van der Waals surface area contributed by atoms with Crippen LogP contribution in [0.25, 0.3) is 0 Å². The van der Waals surface area contributed by atoms with Crippen LogP contribution in [0.1, 0.15) is 54.1 Å². The summed E-state index contributed by atoms with van der Waals surface area (Å²) >= 11 is 6.16. The molecule has 0 saturated heterocycles. The smallest absolute Gasteiger partial charge is 0.251 e. The third kappa shape index (κ3) is 3.35. The maximum Gasteiger partial charge on any atom is 0.251 e. The second kappa shape index (κ2) is 6.17. The lowest BCUT2D eigenvalue weighted by molar-refractivity contribution is 0.0872. The molecule has 1 fully saturated rings. The van der Waals surface area contributed by atoms with E-state index in [9.17, 15) is 4.79 Å². The minimum atomic E-state index is -0.218. The first kappa shape index (κ1) is 15.4. The van der Waals surface area contributed by atoms with E-state index in [1.807, 2.05) is 25.1 Å². The zero-order valence-corrected chi connectivity index (χ0v) is 13.4. The average molecular weight is 294 g/mol. The third-order valence-corrected chi connectivity index (χ3v) is 5.15. The van der Waals surface area contributed by atoms with Gasteiger partial charge in [0.05, 0.1) is 5.54 Å². The molecule has 1 amide bonds. The molecule has 0 aliphatic heterocycles. The second-order valence-electron chi connectivity index (χ2n) is 6.35. The normalized spacial score (nSPS) is 26.3. The highest BCUT2D eigenvalue weighted by Gasteiger charge is 2.35. The molecule has 1 aromatic rings. The predicted octanol–water partition coefficient (Wildman–Crippen LogP) is 4.22. The Hall–Kier alpha value is -1.02. The van der Waals surface area contributed by atoms with Gasteiger partial charge in [-0.05, 0) is 68.7 Å². The Morgan fingerprint density at radius 1 is 1.30 bits per heavy atom. The fourth-order valence-electron chi connectivity index (χ4n) is 2.80. The van der Waals surface area contributed by atoms with Crippen molar-refractivity contribution in [1.29, 1.82) is 0 Å². The first-order valence-corrected chi connectivity index (χ1v) is 7.95. The summed E-state index contributed by atoms with van der Waals surface area (Å²) in [5, 5.41) is 3.19. The molecule has 1 aliphatic carbocycles. The van der Waals surface area contributed by atoms with Gasteiger partial charge in [0, 0.05) is 11.4 Å². The molecular formula is C17H24ClNO. The Bertz CT molecular complexity index is 490. The van der Waals surface area contributed by atoms with E-state index in [2.05, 4.69) is 19.2 Å². The van der Waals surface area contributed by atoms with Gasteiger partial charge in [-0.1, -0.05) is 13.0 Å². The topological polar surface area (TPSA) is 29.1 Å². The molecule has 0 aromatic heterocycles. The van der Waals surface area contributed by atoms with Crippen molar-refractivity contribution in [2.24, 2.45) is 5.92 Å². The standard InChI is InChI=1S/C17H24ClNO/c1-12-6-8-17(11-18,9-7-12)19-16(20)15-5-4-13(2)14(3)10-15/h4-5,10,12H,6-9,11H2,1-3H3,(H,19,20). The lowest BCUT2D eigenvalue weighted by atomic mass is 9.78. The summed E-state index contributed by atoms with van der Waals surface area (Å²) in [6, 6.07) is 5.85. The number of rotatable bonds is 3. The lowest BCUT2D eigenvalue weighted by Gasteiger charge is -2.38. The SMILES string of the molecule is Cc1ccc(C(=O)NC2(CCl)CCC(C)CC2)cc1C. The van der Waals surface area contributed by atoms with Gasteiger partial charge in [0.15, 0.2) is 0 Å². The molecule has 1 aliphatic rings. The van der Waals surface area contributed by atoms with Crippen LogP contribution in [0.5, 0.6) is 0 Å². The minimum absolute atomic E-state index is 0.00306. The van der Waals surface area contributed by atoms with Gasteiger partial charge in [-0.25, -0.2) is 0 Å². The largest absolute Gasteiger partial charge is 0.345 e. The molecule has 0 unspecified atom stereocenters. The van der Waals surface area contributed by atoms with Crippen LogP contribution >= 0.6 is 11.6 Å². The van der Waals surface area contributed by atoms with Crippen molar-refractivity contribution in [1.82, 2.24) is 5.32 Å². The summed E-state index contributed by atoms with van der Waals surface area (Å²) in [6.45, 7) is 6.36. The molecule has 2 nitrogen and oxygen atoms in total. The molecule has 110 valence electrons. The van der Waals surface area contributed by atoms with Gasteiger partial charge < -0.3 is 5.32 Å². The number of alkyl halides is 1. The average Bonchev–Trinajstić information content (AvgIpc) is 2.44. The molecule has 2 rings (SSSR count). The Balaban J connectivity index is 2.11. The molecular weight excluding hydrogens is 270 g/mol. The molecule has 3 heteroatoms. The van der Waals surface area contributed by atoms with Crippen LogP contribution < -0.4 is 5.32 Å². The molecule has 0 spiro atoms. The number of hydrogen-bond acceptors (Lipinski definition) is 1. The number of aryl methyl sites for hydroxylation is 2. The van der Waals surface area contributed by atoms with E-state index in [0.29, 0.717) is 5.88 Å². The highest BCUT2D eigenvalue weighted by molar-refractivity contribution is 6.19. The van der Waals surface area contributed by atoms with Gasteiger partial charge in [0.25, 0.3) is 5.91 Å². The van der Waals surface area contributed by atoms with Gasteiger partial charge in [0.2, 0.25) is 0 Å². The Kier molecular flexibility index (Phi) is 4.74. The number of carbonyl (C=O) groups is 1. The van der Waals surface area contributed by atoms with Gasteiger partial charge >= 0.3 is 0 Å². The van der Waals surface area contributed by atoms with Crippen LogP contribution in [0.2, 0.25) is 0 Å². The highest BCUT2D eigenvalue weighted by atomic mass is 35.5. The summed E-state index contributed by atoms with van der Waals surface area (Å²) in [6.07, 6.45) is 4.24. The lowest BCUT2D eigenvalue weighted by Crippen LogP contribution is -2.52. The Morgan fingerprint density at radius 2 is 1.95 bits per heavy atom. The van der Waals surface area contributed by atoms with E-state index in [-0.39, 0.29) is 11.4 Å². The number of nitrogens with one attached hydrogen (secondary N) is 1. The molecule has 1 saturated carbocycles. The van der Waals surface area contributed by atoms with E-state index in [1.165, 1.54) is 5.56 Å². The number of hydrogen-bond donors (Lipinski definition) is 1. The zero-order chi connectivity index (χ0) is 14.8. The van der Waals surface area contributed by atoms with Crippen LogP contribution in [0.15, 0.2) is 18.2 Å². The van der Waals surface area contributed by atoms with Crippen molar-refractivity contribution in [2.45, 2.75) is 52.0 Å². The van der Waals surface area contributed by atoms with Crippen LogP contribution in [0, 0.1) is 19.8 Å². The van der Waals surface area contributed by atoms with Crippen LogP contribution in [0.4, 0.5) is 0 Å². The van der Waals surface area contributed by atoms with Crippen LogP contribution in [0.3, 0.4) is 0 Å². The van der Waals surface area contributed by atoms with Crippen molar-refractivity contribution in [3.63, 3.8) is 0 Å². The summed E-state index contributed by atoms with van der Waals surface area (Å²) < 4.78 is 0. The number of halogens is 1. The Labute approximate surface area is 126 Å². The van der Waals surface area contributed by atoms with Gasteiger partial charge in [0.1, 0.15) is 0 Å². The fraction of sp³-hybridized carbons (Fsp3) is 0.588. The van der Waals surface area contributed by atoms with Crippen molar-refractivity contribution < 1.29 is 4.79 Å². The van der Waals surface area contributed by atoms with Gasteiger partial charge in [-0.15, -0.1) is 11.6 Å². The van der Waals surface area contributed by atoms with Gasteiger partial charge in [-0.3, -0.25) is 4.79 Å². The monoisotopic (exact) mass is 293 g/mol. The molecule has 0 bridgehead atoms. The van der Waals surface area contributed by atoms with E-state index in [1.54, 1.807) is 0 Å². The maximum atomic E-state index is 12.5. The summed E-state index contributed by atoms with van der Waals surface area (Å²) in [5.41, 5.74) is 2.87. The first-order valence-electron chi connectivity index (χ1n) is 7.41. The molecule has 0 heterocycles. The van der Waals surface area contributed by atoms with Crippen molar-refractivity contribution in [3.05, 3.63) is 34.9 Å². The number of amides is 1. The molecule has 0 radical (unpaired) electrons. The summed E-state index contributed by atoms with van der Waals surface area (Å²) in [7, 11) is 0. The van der Waals surface area contributed by atoms with Crippen molar-refractivity contribution in [3.8, 4) is 0 Å². The van der Waals surface area contributed by atoms with E-state index >= 15 is 0 Å². The van der Waals surface area contributed by atoms with E-state index in [4.69, 9.17) is 11.6 Å². The molecule has 1 N–H and O–H groups in total. The first-order chi connectivity index (χ1) is 9.46. The van der Waals surface area contributed by atoms with E-state index in [0.717, 1.165) is 42.7 Å². The minimum Gasteiger partial charge on any atom is -0.345 e. The maximum absolute atomic E-state index is 12.5. The third-order valence-electron chi connectivity index (χ3n) is 4.63. The summed E-state index contributed by atoms with van der Waals surface area (Å²) in [5.74, 6) is 1.24. The highest BCUT2D eigenvalue weighted by Crippen LogP contribution is 2.33. The van der Waals surface area contributed by atoms with E-state index < -0.39 is 0 Å². The van der Waals surface area contributed by atoms with Crippen LogP contribution in [-0.4, -0.2) is 17.3 Å². The second-order valence-corrected chi connectivity index (χ2v) is 6.62. The summed E-state index contributed by atoms with van der Waals surface area (Å²) in [4.78, 5) is 12.5. The van der Waals surface area contributed by atoms with Crippen LogP contribution in [-0.2, 0) is 0 Å². The van der Waals surface area contributed by atoms with Gasteiger partial charge in [-0.2, -0.15) is 0 Å². The fourth-order valence-corrected chi connectivity index (χ4v) is 3.14. The molecule has 1 aromatic carbocycles. The molecule has 0 atom stereocenters. The number of carbonyl (C=O) groups excluding carboxylic acids is 1. The zero-order valence-electron chi connectivity index (χ0n) is 12.6. The molecule has 20 heavy (non-hydrogen) atoms. The predicted molar refractivity (Wildman–Crippen MR) is 84.5 cm³/mol. The van der Waals surface area contributed by atoms with Crippen molar-refractivity contribution >= 4 is 17.5 Å². The Morgan fingerprint density at radius 3 is 2.50 bits per heavy atom. The number of benzene rings is 1. The van der Waals surface area contributed by atoms with Crippen molar-refractivity contribution in [2.75, 3.05) is 5.88 Å².